The minimum absolute atomic E-state index is 0.00347. The zero-order valence-electron chi connectivity index (χ0n) is 18.4. The van der Waals surface area contributed by atoms with Crippen molar-refractivity contribution in [1.82, 2.24) is 10.2 Å². The summed E-state index contributed by atoms with van der Waals surface area (Å²) in [4.78, 5) is 28.6. The van der Waals surface area contributed by atoms with Crippen molar-refractivity contribution in [2.24, 2.45) is 5.92 Å². The van der Waals surface area contributed by atoms with Crippen molar-refractivity contribution in [3.63, 3.8) is 0 Å². The maximum Gasteiger partial charge on any atom is 0.257 e. The maximum absolute atomic E-state index is 12.4. The van der Waals surface area contributed by atoms with E-state index in [9.17, 15) is 9.59 Å². The summed E-state index contributed by atoms with van der Waals surface area (Å²) in [6.45, 7) is 6.63. The van der Waals surface area contributed by atoms with Gasteiger partial charge >= 0.3 is 0 Å². The lowest BCUT2D eigenvalue weighted by Gasteiger charge is -2.37. The summed E-state index contributed by atoms with van der Waals surface area (Å²) in [6, 6.07) is 12.4. The lowest BCUT2D eigenvalue weighted by Crippen LogP contribution is -2.50. The maximum atomic E-state index is 12.4. The van der Waals surface area contributed by atoms with Crippen LogP contribution >= 0.6 is 23.8 Å². The number of rotatable bonds is 5. The minimum Gasteiger partial charge on any atom is -0.497 e. The molecule has 1 heterocycles. The van der Waals surface area contributed by atoms with Crippen LogP contribution < -0.4 is 20.3 Å². The molecule has 0 unspecified atom stereocenters. The standard InChI is InChI=1S/C23H27ClN4O3S/c1-15(2)22(30)28-11-9-27(10-12-28)20-8-7-17(14-19(20)24)25-23(32)26-21(29)16-5-4-6-18(13-16)31-3/h4-8,13-15H,9-12H2,1-3H3,(H2,25,26,29,32). The van der Waals surface area contributed by atoms with Gasteiger partial charge in [0.15, 0.2) is 5.11 Å². The van der Waals surface area contributed by atoms with Crippen LogP contribution in [0.4, 0.5) is 11.4 Å². The number of halogens is 1. The molecule has 1 saturated heterocycles. The third-order valence-corrected chi connectivity index (χ3v) is 5.70. The highest BCUT2D eigenvalue weighted by atomic mass is 35.5. The number of ether oxygens (including phenoxy) is 1. The zero-order chi connectivity index (χ0) is 23.3. The van der Waals surface area contributed by atoms with Crippen molar-refractivity contribution in [1.29, 1.82) is 0 Å². The molecule has 7 nitrogen and oxygen atoms in total. The van der Waals surface area contributed by atoms with Crippen LogP contribution in [0.2, 0.25) is 5.02 Å². The van der Waals surface area contributed by atoms with Gasteiger partial charge in [-0.2, -0.15) is 0 Å². The van der Waals surface area contributed by atoms with Gasteiger partial charge in [0.25, 0.3) is 5.91 Å². The highest BCUT2D eigenvalue weighted by molar-refractivity contribution is 7.80. The second kappa shape index (κ2) is 10.7. The highest BCUT2D eigenvalue weighted by Gasteiger charge is 2.24. The fourth-order valence-electron chi connectivity index (χ4n) is 3.48. The van der Waals surface area contributed by atoms with Crippen molar-refractivity contribution in [3.8, 4) is 5.75 Å². The Kier molecular flexibility index (Phi) is 7.93. The van der Waals surface area contributed by atoms with Crippen LogP contribution in [0, 0.1) is 5.92 Å². The van der Waals surface area contributed by atoms with E-state index in [-0.39, 0.29) is 22.8 Å². The molecular weight excluding hydrogens is 448 g/mol. The Morgan fingerprint density at radius 1 is 1.09 bits per heavy atom. The number of benzene rings is 2. The summed E-state index contributed by atoms with van der Waals surface area (Å²) in [7, 11) is 1.54. The number of methoxy groups -OCH3 is 1. The number of nitrogens with zero attached hydrogens (tertiary/aromatic N) is 2. The van der Waals surface area contributed by atoms with Gasteiger partial charge in [0.05, 0.1) is 17.8 Å². The Labute approximate surface area is 198 Å². The van der Waals surface area contributed by atoms with Crippen LogP contribution in [-0.2, 0) is 4.79 Å². The van der Waals surface area contributed by atoms with Gasteiger partial charge in [0, 0.05) is 43.3 Å². The molecule has 1 aliphatic rings. The van der Waals surface area contributed by atoms with Crippen molar-refractivity contribution in [2.75, 3.05) is 43.5 Å². The van der Waals surface area contributed by atoms with Crippen LogP contribution in [0.3, 0.4) is 0 Å². The van der Waals surface area contributed by atoms with Gasteiger partial charge in [-0.3, -0.25) is 14.9 Å². The monoisotopic (exact) mass is 474 g/mol. The molecule has 1 aliphatic heterocycles. The van der Waals surface area contributed by atoms with Crippen molar-refractivity contribution >= 4 is 52.1 Å². The molecule has 2 amide bonds. The highest BCUT2D eigenvalue weighted by Crippen LogP contribution is 2.30. The van der Waals surface area contributed by atoms with E-state index in [0.29, 0.717) is 35.1 Å². The van der Waals surface area contributed by atoms with Gasteiger partial charge < -0.3 is 19.9 Å². The summed E-state index contributed by atoms with van der Waals surface area (Å²) in [6.07, 6.45) is 0. The number of amides is 2. The first kappa shape index (κ1) is 23.8. The van der Waals surface area contributed by atoms with E-state index in [1.54, 1.807) is 37.4 Å². The number of thiocarbonyl (C=S) groups is 1. The summed E-state index contributed by atoms with van der Waals surface area (Å²) in [5, 5.41) is 6.38. The number of carbonyl (C=O) groups is 2. The number of hydrogen-bond donors (Lipinski definition) is 2. The van der Waals surface area contributed by atoms with Crippen LogP contribution in [0.25, 0.3) is 0 Å². The van der Waals surface area contributed by atoms with Crippen molar-refractivity contribution in [2.45, 2.75) is 13.8 Å². The molecule has 3 rings (SSSR count). The van der Waals surface area contributed by atoms with E-state index in [0.717, 1.165) is 18.8 Å². The molecule has 0 spiro atoms. The molecule has 170 valence electrons. The molecule has 2 aromatic rings. The predicted molar refractivity (Wildman–Crippen MR) is 132 cm³/mol. The van der Waals surface area contributed by atoms with Crippen LogP contribution in [0.15, 0.2) is 42.5 Å². The lowest BCUT2D eigenvalue weighted by atomic mass is 10.1. The largest absolute Gasteiger partial charge is 0.497 e. The van der Waals surface area contributed by atoms with Gasteiger partial charge in [-0.1, -0.05) is 31.5 Å². The molecule has 0 radical (unpaired) electrons. The van der Waals surface area contributed by atoms with E-state index in [4.69, 9.17) is 28.6 Å². The molecule has 0 aliphatic carbocycles. The van der Waals surface area contributed by atoms with E-state index >= 15 is 0 Å². The van der Waals surface area contributed by atoms with Gasteiger partial charge in [-0.15, -0.1) is 0 Å². The van der Waals surface area contributed by atoms with Gasteiger partial charge in [0.2, 0.25) is 5.91 Å². The van der Waals surface area contributed by atoms with Gasteiger partial charge in [-0.05, 0) is 48.6 Å². The molecule has 0 saturated carbocycles. The van der Waals surface area contributed by atoms with Crippen LogP contribution in [0.5, 0.6) is 5.75 Å². The Bertz CT molecular complexity index is 1010. The number of hydrogen-bond acceptors (Lipinski definition) is 5. The van der Waals surface area contributed by atoms with E-state index in [2.05, 4.69) is 15.5 Å². The molecule has 1 fully saturated rings. The summed E-state index contributed by atoms with van der Waals surface area (Å²) >= 11 is 11.8. The summed E-state index contributed by atoms with van der Waals surface area (Å²) in [5.74, 6) is 0.440. The fraction of sp³-hybridized carbons (Fsp3) is 0.348. The summed E-state index contributed by atoms with van der Waals surface area (Å²) in [5.41, 5.74) is 2.01. The molecule has 0 bridgehead atoms. The lowest BCUT2D eigenvalue weighted by molar-refractivity contribution is -0.134. The first-order valence-corrected chi connectivity index (χ1v) is 11.2. The SMILES string of the molecule is COc1cccc(C(=O)NC(=S)Nc2ccc(N3CCN(C(=O)C(C)C)CC3)c(Cl)c2)c1. The first-order valence-electron chi connectivity index (χ1n) is 10.4. The molecule has 2 N–H and O–H groups in total. The minimum atomic E-state index is -0.335. The Morgan fingerprint density at radius 2 is 1.81 bits per heavy atom. The Hall–Kier alpha value is -2.84. The van der Waals surface area contributed by atoms with E-state index in [1.165, 1.54) is 0 Å². The number of carbonyl (C=O) groups excluding carboxylic acids is 2. The van der Waals surface area contributed by atoms with Crippen molar-refractivity contribution in [3.05, 3.63) is 53.1 Å². The van der Waals surface area contributed by atoms with Gasteiger partial charge in [0.1, 0.15) is 5.75 Å². The van der Waals surface area contributed by atoms with E-state index in [1.807, 2.05) is 30.9 Å². The smallest absolute Gasteiger partial charge is 0.257 e. The van der Waals surface area contributed by atoms with Crippen molar-refractivity contribution < 1.29 is 14.3 Å². The third-order valence-electron chi connectivity index (χ3n) is 5.19. The summed E-state index contributed by atoms with van der Waals surface area (Å²) < 4.78 is 5.14. The topological polar surface area (TPSA) is 73.9 Å². The molecule has 9 heteroatoms. The molecule has 0 atom stereocenters. The number of piperazine rings is 1. The zero-order valence-corrected chi connectivity index (χ0v) is 19.9. The quantitative estimate of drug-likeness (QED) is 0.642. The van der Waals surface area contributed by atoms with Crippen LogP contribution in [0.1, 0.15) is 24.2 Å². The first-order chi connectivity index (χ1) is 15.3. The average molecular weight is 475 g/mol. The second-order valence-corrected chi connectivity index (χ2v) is 8.59. The van der Waals surface area contributed by atoms with E-state index < -0.39 is 0 Å². The number of anilines is 2. The molecule has 2 aromatic carbocycles. The third kappa shape index (κ3) is 5.89. The second-order valence-electron chi connectivity index (χ2n) is 7.77. The van der Waals surface area contributed by atoms with Gasteiger partial charge in [-0.25, -0.2) is 0 Å². The average Bonchev–Trinajstić information content (AvgIpc) is 2.78. The number of nitrogens with one attached hydrogen (secondary N) is 2. The Morgan fingerprint density at radius 3 is 2.44 bits per heavy atom. The predicted octanol–water partition coefficient (Wildman–Crippen LogP) is 3.78. The molecule has 0 aromatic heterocycles. The Balaban J connectivity index is 1.57. The van der Waals surface area contributed by atoms with Crippen LogP contribution in [-0.4, -0.2) is 55.1 Å². The molecule has 32 heavy (non-hydrogen) atoms. The fourth-order valence-corrected chi connectivity index (χ4v) is 3.99. The molecular formula is C23H27ClN4O3S. The normalized spacial score (nSPS) is 13.7.